The first-order chi connectivity index (χ1) is 16.0. The van der Waals surface area contributed by atoms with E-state index in [0.717, 1.165) is 33.5 Å². The average Bonchev–Trinajstić information content (AvgIpc) is 3.34. The Hall–Kier alpha value is -3.84. The molecule has 3 aromatic carbocycles. The molecule has 2 N–H and O–H groups in total. The summed E-state index contributed by atoms with van der Waals surface area (Å²) < 4.78 is 7.55. The normalized spacial score (nSPS) is 11.2. The molecular formula is C26H23N3O3S. The summed E-state index contributed by atoms with van der Waals surface area (Å²) in [5, 5.41) is 15.5. The number of aromatic nitrogens is 2. The predicted octanol–water partition coefficient (Wildman–Crippen LogP) is 6.45. The number of fused-ring (bicyclic) bond motifs is 3. The largest absolute Gasteiger partial charge is 0.482 e. The van der Waals surface area contributed by atoms with Crippen LogP contribution < -0.4 is 10.1 Å². The van der Waals surface area contributed by atoms with Crippen molar-refractivity contribution in [2.24, 2.45) is 0 Å². The molecule has 2 aromatic heterocycles. The third-order valence-electron chi connectivity index (χ3n) is 5.63. The van der Waals surface area contributed by atoms with Gasteiger partial charge in [0, 0.05) is 44.5 Å². The number of para-hydroxylation sites is 1. The zero-order valence-corrected chi connectivity index (χ0v) is 19.1. The third kappa shape index (κ3) is 4.03. The van der Waals surface area contributed by atoms with Crippen molar-refractivity contribution >= 4 is 49.9 Å². The Kier molecular flexibility index (Phi) is 5.48. The molecule has 0 fully saturated rings. The summed E-state index contributed by atoms with van der Waals surface area (Å²) in [7, 11) is 0. The molecule has 33 heavy (non-hydrogen) atoms. The van der Waals surface area contributed by atoms with Crippen molar-refractivity contribution in [3.8, 4) is 17.0 Å². The van der Waals surface area contributed by atoms with Crippen LogP contribution in [0.2, 0.25) is 0 Å². The number of rotatable bonds is 7. The molecule has 6 nitrogen and oxygen atoms in total. The summed E-state index contributed by atoms with van der Waals surface area (Å²) >= 11 is 1.60. The van der Waals surface area contributed by atoms with Gasteiger partial charge in [0.2, 0.25) is 0 Å². The van der Waals surface area contributed by atoms with Crippen molar-refractivity contribution in [2.45, 2.75) is 20.4 Å². The van der Waals surface area contributed by atoms with Gasteiger partial charge in [-0.3, -0.25) is 0 Å². The van der Waals surface area contributed by atoms with E-state index < -0.39 is 5.97 Å². The fraction of sp³-hybridized carbons (Fsp3) is 0.154. The van der Waals surface area contributed by atoms with Gasteiger partial charge in [0.15, 0.2) is 11.7 Å². The van der Waals surface area contributed by atoms with E-state index in [1.54, 1.807) is 23.5 Å². The molecule has 7 heteroatoms. The standard InChI is InChI=1S/C26H23N3O3S/c1-3-29-22-7-5-4-6-20(22)21-14-18(10-13-23(21)29)27-26-28-25(16(2)33-26)17-8-11-19(12-9-17)32-15-24(30)31/h4-14H,3,15H2,1-2H3,(H,27,28)(H,30,31). The van der Waals surface area contributed by atoms with Gasteiger partial charge < -0.3 is 19.7 Å². The summed E-state index contributed by atoms with van der Waals surface area (Å²) in [6, 6.07) is 22.3. The van der Waals surface area contributed by atoms with Crippen molar-refractivity contribution in [3.05, 3.63) is 71.6 Å². The average molecular weight is 458 g/mol. The molecule has 0 aliphatic rings. The molecular weight excluding hydrogens is 434 g/mol. The maximum absolute atomic E-state index is 10.7. The number of benzene rings is 3. The highest BCUT2D eigenvalue weighted by Gasteiger charge is 2.13. The molecule has 0 radical (unpaired) electrons. The number of nitrogens with zero attached hydrogens (tertiary/aromatic N) is 2. The second-order valence-electron chi connectivity index (χ2n) is 7.75. The summed E-state index contributed by atoms with van der Waals surface area (Å²) in [4.78, 5) is 16.6. The van der Waals surface area contributed by atoms with E-state index in [1.165, 1.54) is 21.8 Å². The monoisotopic (exact) mass is 457 g/mol. The number of aryl methyl sites for hydroxylation is 2. The van der Waals surface area contributed by atoms with E-state index in [0.29, 0.717) is 5.75 Å². The number of carbonyl (C=O) groups is 1. The Balaban J connectivity index is 1.42. The Labute approximate surface area is 195 Å². The van der Waals surface area contributed by atoms with Crippen LogP contribution in [0, 0.1) is 6.92 Å². The van der Waals surface area contributed by atoms with Crippen molar-refractivity contribution in [1.82, 2.24) is 9.55 Å². The van der Waals surface area contributed by atoms with Gasteiger partial charge in [-0.2, -0.15) is 0 Å². The van der Waals surface area contributed by atoms with Crippen molar-refractivity contribution in [3.63, 3.8) is 0 Å². The zero-order chi connectivity index (χ0) is 22.9. The van der Waals surface area contributed by atoms with E-state index >= 15 is 0 Å². The minimum atomic E-state index is -0.998. The number of hydrogen-bond acceptors (Lipinski definition) is 5. The SMILES string of the molecule is CCn1c2ccccc2c2cc(Nc3nc(-c4ccc(OCC(=O)O)cc4)c(C)s3)ccc21. The van der Waals surface area contributed by atoms with Gasteiger partial charge in [0.05, 0.1) is 5.69 Å². The van der Waals surface area contributed by atoms with Crippen LogP contribution in [0.25, 0.3) is 33.1 Å². The van der Waals surface area contributed by atoms with Gasteiger partial charge in [-0.1, -0.05) is 18.2 Å². The lowest BCUT2D eigenvalue weighted by molar-refractivity contribution is -0.139. The highest BCUT2D eigenvalue weighted by molar-refractivity contribution is 7.16. The number of carboxylic acids is 1. The van der Waals surface area contributed by atoms with Crippen molar-refractivity contribution in [1.29, 1.82) is 0 Å². The lowest BCUT2D eigenvalue weighted by atomic mass is 10.1. The Morgan fingerprint density at radius 2 is 1.82 bits per heavy atom. The van der Waals surface area contributed by atoms with E-state index in [4.69, 9.17) is 14.8 Å². The molecule has 0 bridgehead atoms. The zero-order valence-electron chi connectivity index (χ0n) is 18.3. The molecule has 5 aromatic rings. The summed E-state index contributed by atoms with van der Waals surface area (Å²) in [5.41, 5.74) is 5.33. The number of aliphatic carboxylic acids is 1. The molecule has 0 saturated heterocycles. The number of ether oxygens (including phenoxy) is 1. The Morgan fingerprint density at radius 1 is 1.06 bits per heavy atom. The maximum atomic E-state index is 10.7. The highest BCUT2D eigenvalue weighted by Crippen LogP contribution is 2.35. The first-order valence-electron chi connectivity index (χ1n) is 10.7. The minimum absolute atomic E-state index is 0.357. The lowest BCUT2D eigenvalue weighted by Gasteiger charge is -2.05. The summed E-state index contributed by atoms with van der Waals surface area (Å²) in [6.07, 6.45) is 0. The van der Waals surface area contributed by atoms with E-state index in [2.05, 4.69) is 59.3 Å². The van der Waals surface area contributed by atoms with Crippen molar-refractivity contribution < 1.29 is 14.6 Å². The topological polar surface area (TPSA) is 76.4 Å². The molecule has 0 saturated carbocycles. The van der Waals surface area contributed by atoms with E-state index in [-0.39, 0.29) is 6.61 Å². The molecule has 0 aliphatic heterocycles. The Bertz CT molecular complexity index is 1470. The van der Waals surface area contributed by atoms with Crippen LogP contribution in [0.15, 0.2) is 66.7 Å². The number of nitrogens with one attached hydrogen (secondary N) is 1. The number of hydrogen-bond donors (Lipinski definition) is 2. The van der Waals surface area contributed by atoms with Crippen LogP contribution >= 0.6 is 11.3 Å². The molecule has 2 heterocycles. The molecule has 5 rings (SSSR count). The first kappa shape index (κ1) is 21.0. The van der Waals surface area contributed by atoms with Crippen LogP contribution in [0.5, 0.6) is 5.75 Å². The molecule has 0 amide bonds. The molecule has 0 atom stereocenters. The quantitative estimate of drug-likeness (QED) is 0.294. The Morgan fingerprint density at radius 3 is 2.58 bits per heavy atom. The predicted molar refractivity (Wildman–Crippen MR) is 134 cm³/mol. The third-order valence-corrected chi connectivity index (χ3v) is 6.51. The van der Waals surface area contributed by atoms with Gasteiger partial charge in [0.25, 0.3) is 0 Å². The number of carboxylic acid groups (broad SMARTS) is 1. The fourth-order valence-corrected chi connectivity index (χ4v) is 5.02. The molecule has 0 unspecified atom stereocenters. The van der Waals surface area contributed by atoms with E-state index in [9.17, 15) is 4.79 Å². The van der Waals surface area contributed by atoms with Gasteiger partial charge in [0.1, 0.15) is 5.75 Å². The molecule has 0 spiro atoms. The lowest BCUT2D eigenvalue weighted by Crippen LogP contribution is -2.09. The first-order valence-corrected chi connectivity index (χ1v) is 11.6. The minimum Gasteiger partial charge on any atom is -0.482 e. The van der Waals surface area contributed by atoms with Crippen molar-refractivity contribution in [2.75, 3.05) is 11.9 Å². The second-order valence-corrected chi connectivity index (χ2v) is 8.95. The molecule has 166 valence electrons. The van der Waals surface area contributed by atoms with Gasteiger partial charge in [-0.15, -0.1) is 11.3 Å². The van der Waals surface area contributed by atoms with Crippen LogP contribution in [-0.4, -0.2) is 27.2 Å². The smallest absolute Gasteiger partial charge is 0.341 e. The molecule has 0 aliphatic carbocycles. The highest BCUT2D eigenvalue weighted by atomic mass is 32.1. The fourth-order valence-electron chi connectivity index (χ4n) is 4.17. The van der Waals surface area contributed by atoms with Crippen LogP contribution in [-0.2, 0) is 11.3 Å². The maximum Gasteiger partial charge on any atom is 0.341 e. The summed E-state index contributed by atoms with van der Waals surface area (Å²) in [6.45, 7) is 4.78. The van der Waals surface area contributed by atoms with Crippen LogP contribution in [0.1, 0.15) is 11.8 Å². The summed E-state index contributed by atoms with van der Waals surface area (Å²) in [5.74, 6) is -0.477. The number of thiazole rings is 1. The second kappa shape index (κ2) is 8.60. The van der Waals surface area contributed by atoms with Gasteiger partial charge >= 0.3 is 5.97 Å². The van der Waals surface area contributed by atoms with Crippen LogP contribution in [0.3, 0.4) is 0 Å². The number of anilines is 2. The van der Waals surface area contributed by atoms with Gasteiger partial charge in [-0.05, 0) is 62.4 Å². The van der Waals surface area contributed by atoms with E-state index in [1.807, 2.05) is 19.1 Å². The van der Waals surface area contributed by atoms with Crippen LogP contribution in [0.4, 0.5) is 10.8 Å². The van der Waals surface area contributed by atoms with Gasteiger partial charge in [-0.25, -0.2) is 9.78 Å².